The zero-order valence-corrected chi connectivity index (χ0v) is 16.7. The van der Waals surface area contributed by atoms with E-state index in [1.165, 1.54) is 4.90 Å². The van der Waals surface area contributed by atoms with Crippen molar-refractivity contribution in [2.24, 2.45) is 0 Å². The number of rotatable bonds is 10. The van der Waals surface area contributed by atoms with Gasteiger partial charge >= 0.3 is 5.97 Å². The van der Waals surface area contributed by atoms with Crippen molar-refractivity contribution in [1.82, 2.24) is 5.32 Å². The normalized spacial score (nSPS) is 9.87. The minimum Gasteiger partial charge on any atom is -0.493 e. The lowest BCUT2D eigenvalue weighted by atomic mass is 10.2. The van der Waals surface area contributed by atoms with Gasteiger partial charge in [-0.3, -0.25) is 14.4 Å². The van der Waals surface area contributed by atoms with Crippen LogP contribution in [0.3, 0.4) is 0 Å². The van der Waals surface area contributed by atoms with Crippen molar-refractivity contribution in [3.8, 4) is 11.8 Å². The summed E-state index contributed by atoms with van der Waals surface area (Å²) < 4.78 is 10.4. The number of carbonyl (C=O) groups is 3. The van der Waals surface area contributed by atoms with Crippen LogP contribution >= 0.6 is 0 Å². The summed E-state index contributed by atoms with van der Waals surface area (Å²) in [6.07, 6.45) is 0.143. The van der Waals surface area contributed by atoms with Crippen LogP contribution in [0.1, 0.15) is 23.7 Å². The SMILES string of the molecule is CCOc1ccccc1C(=O)NCC(=O)OCC(=O)N(CCC#N)c1ccccc1. The van der Waals surface area contributed by atoms with Crippen molar-refractivity contribution in [1.29, 1.82) is 5.26 Å². The van der Waals surface area contributed by atoms with Gasteiger partial charge in [-0.25, -0.2) is 0 Å². The second-order valence-corrected chi connectivity index (χ2v) is 6.06. The van der Waals surface area contributed by atoms with E-state index >= 15 is 0 Å². The number of amides is 2. The van der Waals surface area contributed by atoms with Gasteiger partial charge in [0.05, 0.1) is 24.7 Å². The molecule has 0 unspecified atom stereocenters. The maximum atomic E-state index is 12.5. The summed E-state index contributed by atoms with van der Waals surface area (Å²) in [7, 11) is 0. The summed E-state index contributed by atoms with van der Waals surface area (Å²) in [5, 5.41) is 11.3. The standard InChI is InChI=1S/C22H23N3O5/c1-2-29-19-12-7-6-11-18(19)22(28)24-15-21(27)30-16-20(26)25(14-8-13-23)17-9-4-3-5-10-17/h3-7,9-12H,2,8,14-16H2,1H3,(H,24,28). The molecule has 8 heteroatoms. The molecule has 30 heavy (non-hydrogen) atoms. The van der Waals surface area contributed by atoms with Crippen LogP contribution in [0.25, 0.3) is 0 Å². The molecular formula is C22H23N3O5. The first-order valence-corrected chi connectivity index (χ1v) is 9.44. The Morgan fingerprint density at radius 3 is 2.47 bits per heavy atom. The second-order valence-electron chi connectivity index (χ2n) is 6.06. The fraction of sp³-hybridized carbons (Fsp3) is 0.273. The molecule has 156 valence electrons. The predicted octanol–water partition coefficient (Wildman–Crippen LogP) is 2.31. The van der Waals surface area contributed by atoms with E-state index < -0.39 is 30.9 Å². The first kappa shape index (κ1) is 22.4. The number of carbonyl (C=O) groups excluding carboxylic acids is 3. The molecule has 2 aromatic rings. The van der Waals surface area contributed by atoms with Crippen LogP contribution in [-0.2, 0) is 14.3 Å². The van der Waals surface area contributed by atoms with Crippen molar-refractivity contribution in [3.63, 3.8) is 0 Å². The maximum Gasteiger partial charge on any atom is 0.325 e. The fourth-order valence-electron chi connectivity index (χ4n) is 2.62. The molecule has 0 bridgehead atoms. The molecule has 2 rings (SSSR count). The molecule has 0 fully saturated rings. The van der Waals surface area contributed by atoms with Crippen LogP contribution in [0.5, 0.6) is 5.75 Å². The van der Waals surface area contributed by atoms with Gasteiger partial charge < -0.3 is 19.7 Å². The highest BCUT2D eigenvalue weighted by Gasteiger charge is 2.18. The molecule has 0 saturated carbocycles. The summed E-state index contributed by atoms with van der Waals surface area (Å²) in [5.41, 5.74) is 0.907. The second kappa shape index (κ2) is 11.9. The summed E-state index contributed by atoms with van der Waals surface area (Å²) in [5.74, 6) is -1.28. The van der Waals surface area contributed by atoms with Gasteiger partial charge in [-0.15, -0.1) is 0 Å². The van der Waals surface area contributed by atoms with Crippen LogP contribution in [0, 0.1) is 11.3 Å². The van der Waals surface area contributed by atoms with E-state index in [4.69, 9.17) is 14.7 Å². The highest BCUT2D eigenvalue weighted by molar-refractivity contribution is 5.99. The third kappa shape index (κ3) is 6.63. The van der Waals surface area contributed by atoms with E-state index in [1.54, 1.807) is 55.5 Å². The van der Waals surface area contributed by atoms with Crippen LogP contribution in [-0.4, -0.2) is 44.1 Å². The molecule has 8 nitrogen and oxygen atoms in total. The number of para-hydroxylation sites is 2. The van der Waals surface area contributed by atoms with Gasteiger partial charge in [0.1, 0.15) is 12.3 Å². The largest absolute Gasteiger partial charge is 0.493 e. The Labute approximate surface area is 175 Å². The number of nitriles is 1. The fourth-order valence-corrected chi connectivity index (χ4v) is 2.62. The Kier molecular flexibility index (Phi) is 8.87. The predicted molar refractivity (Wildman–Crippen MR) is 110 cm³/mol. The summed E-state index contributed by atoms with van der Waals surface area (Å²) >= 11 is 0. The van der Waals surface area contributed by atoms with Gasteiger partial charge in [-0.2, -0.15) is 5.26 Å². The molecule has 1 N–H and O–H groups in total. The molecule has 0 aliphatic rings. The van der Waals surface area contributed by atoms with Gasteiger partial charge in [0.25, 0.3) is 11.8 Å². The molecule has 0 aliphatic heterocycles. The smallest absolute Gasteiger partial charge is 0.325 e. The molecule has 0 spiro atoms. The lowest BCUT2D eigenvalue weighted by molar-refractivity contribution is -0.146. The number of esters is 1. The minimum atomic E-state index is -0.751. The van der Waals surface area contributed by atoms with E-state index in [9.17, 15) is 14.4 Å². The highest BCUT2D eigenvalue weighted by Crippen LogP contribution is 2.17. The molecule has 2 aromatic carbocycles. The Balaban J connectivity index is 1.88. The minimum absolute atomic E-state index is 0.143. The van der Waals surface area contributed by atoms with Crippen LogP contribution in [0.4, 0.5) is 5.69 Å². The molecular weight excluding hydrogens is 386 g/mol. The summed E-state index contributed by atoms with van der Waals surface area (Å²) in [6, 6.07) is 17.5. The number of nitrogens with one attached hydrogen (secondary N) is 1. The zero-order valence-electron chi connectivity index (χ0n) is 16.7. The maximum absolute atomic E-state index is 12.5. The highest BCUT2D eigenvalue weighted by atomic mass is 16.5. The quantitative estimate of drug-likeness (QED) is 0.603. The van der Waals surface area contributed by atoms with Crippen molar-refractivity contribution in [2.45, 2.75) is 13.3 Å². The average Bonchev–Trinajstić information content (AvgIpc) is 2.77. The number of hydrogen-bond acceptors (Lipinski definition) is 6. The number of anilines is 1. The molecule has 2 amide bonds. The van der Waals surface area contributed by atoms with E-state index in [0.717, 1.165) is 0 Å². The number of nitrogens with zero attached hydrogens (tertiary/aromatic N) is 2. The number of ether oxygens (including phenoxy) is 2. The van der Waals surface area contributed by atoms with E-state index in [1.807, 2.05) is 12.1 Å². The monoisotopic (exact) mass is 409 g/mol. The molecule has 0 aliphatic carbocycles. The summed E-state index contributed by atoms with van der Waals surface area (Å²) in [4.78, 5) is 38.1. The van der Waals surface area contributed by atoms with Crippen LogP contribution in [0.15, 0.2) is 54.6 Å². The first-order chi connectivity index (χ1) is 14.6. The van der Waals surface area contributed by atoms with Crippen LogP contribution in [0.2, 0.25) is 0 Å². The Bertz CT molecular complexity index is 908. The van der Waals surface area contributed by atoms with Crippen LogP contribution < -0.4 is 15.0 Å². The van der Waals surface area contributed by atoms with E-state index in [2.05, 4.69) is 5.32 Å². The molecule has 0 aromatic heterocycles. The molecule has 0 atom stereocenters. The lowest BCUT2D eigenvalue weighted by Crippen LogP contribution is -2.37. The first-order valence-electron chi connectivity index (χ1n) is 9.44. The van der Waals surface area contributed by atoms with E-state index in [-0.39, 0.29) is 13.0 Å². The Morgan fingerprint density at radius 1 is 1.07 bits per heavy atom. The third-order valence-electron chi connectivity index (χ3n) is 4.00. The van der Waals surface area contributed by atoms with Gasteiger partial charge in [0.15, 0.2) is 6.61 Å². The van der Waals surface area contributed by atoms with Gasteiger partial charge in [0.2, 0.25) is 0 Å². The zero-order chi connectivity index (χ0) is 21.8. The lowest BCUT2D eigenvalue weighted by Gasteiger charge is -2.21. The Hall–Kier alpha value is -3.86. The number of hydrogen-bond donors (Lipinski definition) is 1. The summed E-state index contributed by atoms with van der Waals surface area (Å²) in [6.45, 7) is 1.50. The van der Waals surface area contributed by atoms with Crippen molar-refractivity contribution < 1.29 is 23.9 Å². The molecule has 0 saturated heterocycles. The molecule has 0 heterocycles. The number of benzene rings is 2. The van der Waals surface area contributed by atoms with Gasteiger partial charge in [-0.05, 0) is 31.2 Å². The van der Waals surface area contributed by atoms with Crippen molar-refractivity contribution >= 4 is 23.5 Å². The average molecular weight is 409 g/mol. The van der Waals surface area contributed by atoms with Crippen molar-refractivity contribution in [2.75, 3.05) is 31.2 Å². The van der Waals surface area contributed by atoms with Gasteiger partial charge in [0, 0.05) is 12.2 Å². The van der Waals surface area contributed by atoms with Gasteiger partial charge in [-0.1, -0.05) is 30.3 Å². The topological polar surface area (TPSA) is 109 Å². The van der Waals surface area contributed by atoms with E-state index in [0.29, 0.717) is 23.6 Å². The Morgan fingerprint density at radius 2 is 1.77 bits per heavy atom. The van der Waals surface area contributed by atoms with Crippen molar-refractivity contribution in [3.05, 3.63) is 60.2 Å². The third-order valence-corrected chi connectivity index (χ3v) is 4.00. The molecule has 0 radical (unpaired) electrons.